The van der Waals surface area contributed by atoms with Crippen molar-refractivity contribution in [3.05, 3.63) is 46.3 Å². The number of amides is 1. The van der Waals surface area contributed by atoms with Gasteiger partial charge in [0, 0.05) is 18.8 Å². The molecule has 4 rings (SSSR count). The van der Waals surface area contributed by atoms with Crippen molar-refractivity contribution < 1.29 is 4.79 Å². The topological polar surface area (TPSA) is 48.1 Å². The van der Waals surface area contributed by atoms with Crippen LogP contribution in [0.3, 0.4) is 0 Å². The van der Waals surface area contributed by atoms with Crippen molar-refractivity contribution >= 4 is 28.6 Å². The van der Waals surface area contributed by atoms with E-state index in [1.165, 1.54) is 41.9 Å². The van der Waals surface area contributed by atoms with Crippen LogP contribution in [0.2, 0.25) is 0 Å². The molecule has 0 aliphatic carbocycles. The molecule has 2 aromatic rings. The summed E-state index contributed by atoms with van der Waals surface area (Å²) in [5, 5.41) is 4.84. The van der Waals surface area contributed by atoms with Crippen molar-refractivity contribution in [3.63, 3.8) is 0 Å². The van der Waals surface area contributed by atoms with Gasteiger partial charge in [0.15, 0.2) is 0 Å². The number of H-pyrrole nitrogens is 1. The number of rotatable bonds is 3. The van der Waals surface area contributed by atoms with Crippen LogP contribution in [0, 0.1) is 0 Å². The Morgan fingerprint density at radius 1 is 1.45 bits per heavy atom. The monoisotopic (exact) mass is 313 g/mol. The van der Waals surface area contributed by atoms with Gasteiger partial charge in [0.25, 0.3) is 5.91 Å². The molecule has 0 spiro atoms. The standard InChI is InChI=1S/C17H19N3OS/c21-17(15-4-2-8-22-15)19-16-10-13(11-18-16)12-5-7-20-6-1-3-14(20)9-12/h2,4-5,8,10-11,14,18H,1,3,6-7,9H2,(H,19,21). The van der Waals surface area contributed by atoms with Gasteiger partial charge in [-0.1, -0.05) is 12.1 Å². The zero-order valence-electron chi connectivity index (χ0n) is 12.3. The van der Waals surface area contributed by atoms with Crippen LogP contribution in [0.4, 0.5) is 5.82 Å². The van der Waals surface area contributed by atoms with Gasteiger partial charge in [-0.15, -0.1) is 11.3 Å². The molecule has 0 bridgehead atoms. The first-order chi connectivity index (χ1) is 10.8. The number of carbonyl (C=O) groups excluding carboxylic acids is 1. The third-order valence-electron chi connectivity index (χ3n) is 4.57. The number of hydrogen-bond acceptors (Lipinski definition) is 3. The first kappa shape index (κ1) is 13.8. The molecule has 2 aliphatic rings. The van der Waals surface area contributed by atoms with Crippen LogP contribution in [-0.4, -0.2) is 34.9 Å². The van der Waals surface area contributed by atoms with E-state index in [4.69, 9.17) is 0 Å². The molecule has 2 aliphatic heterocycles. The van der Waals surface area contributed by atoms with Crippen LogP contribution in [0.1, 0.15) is 34.5 Å². The van der Waals surface area contributed by atoms with Crippen molar-refractivity contribution in [1.29, 1.82) is 0 Å². The van der Waals surface area contributed by atoms with E-state index >= 15 is 0 Å². The Hall–Kier alpha value is -1.85. The number of fused-ring (bicyclic) bond motifs is 1. The number of carbonyl (C=O) groups is 1. The molecular weight excluding hydrogens is 294 g/mol. The smallest absolute Gasteiger partial charge is 0.266 e. The highest BCUT2D eigenvalue weighted by atomic mass is 32.1. The lowest BCUT2D eigenvalue weighted by molar-refractivity contribution is 0.103. The zero-order valence-corrected chi connectivity index (χ0v) is 13.2. The van der Waals surface area contributed by atoms with E-state index in [0.29, 0.717) is 6.04 Å². The fourth-order valence-electron chi connectivity index (χ4n) is 3.41. The fourth-order valence-corrected chi connectivity index (χ4v) is 4.03. The first-order valence-electron chi connectivity index (χ1n) is 7.76. The first-order valence-corrected chi connectivity index (χ1v) is 8.64. The molecule has 1 unspecified atom stereocenters. The summed E-state index contributed by atoms with van der Waals surface area (Å²) in [4.78, 5) is 18.5. The Morgan fingerprint density at radius 2 is 2.41 bits per heavy atom. The van der Waals surface area contributed by atoms with Gasteiger partial charge in [-0.2, -0.15) is 0 Å². The van der Waals surface area contributed by atoms with Crippen LogP contribution in [0.15, 0.2) is 35.9 Å². The summed E-state index contributed by atoms with van der Waals surface area (Å²) >= 11 is 1.45. The van der Waals surface area contributed by atoms with Gasteiger partial charge in [0.05, 0.1) is 4.88 Å². The van der Waals surface area contributed by atoms with E-state index in [9.17, 15) is 4.79 Å². The number of nitrogens with one attached hydrogen (secondary N) is 2. The largest absolute Gasteiger partial charge is 0.348 e. The molecule has 0 saturated carbocycles. The lowest BCUT2D eigenvalue weighted by atomic mass is 9.96. The molecule has 0 aromatic carbocycles. The molecule has 2 N–H and O–H groups in total. The number of hydrogen-bond donors (Lipinski definition) is 2. The van der Waals surface area contributed by atoms with E-state index < -0.39 is 0 Å². The lowest BCUT2D eigenvalue weighted by Gasteiger charge is -2.28. The average Bonchev–Trinajstić information content (AvgIpc) is 3.27. The Kier molecular flexibility index (Phi) is 3.60. The van der Waals surface area contributed by atoms with Gasteiger partial charge in [0.2, 0.25) is 0 Å². The van der Waals surface area contributed by atoms with Crippen molar-refractivity contribution in [2.24, 2.45) is 0 Å². The van der Waals surface area contributed by atoms with Gasteiger partial charge < -0.3 is 10.3 Å². The Balaban J connectivity index is 1.46. The highest BCUT2D eigenvalue weighted by Crippen LogP contribution is 2.32. The van der Waals surface area contributed by atoms with Crippen molar-refractivity contribution in [3.8, 4) is 0 Å². The minimum absolute atomic E-state index is 0.0528. The van der Waals surface area contributed by atoms with Gasteiger partial charge in [0.1, 0.15) is 5.82 Å². The summed E-state index contributed by atoms with van der Waals surface area (Å²) in [6.07, 6.45) is 8.08. The van der Waals surface area contributed by atoms with Crippen LogP contribution in [0.5, 0.6) is 0 Å². The van der Waals surface area contributed by atoms with E-state index in [1.54, 1.807) is 0 Å². The maximum atomic E-state index is 12.1. The average molecular weight is 313 g/mol. The predicted octanol–water partition coefficient (Wildman–Crippen LogP) is 3.58. The Bertz CT molecular complexity index is 701. The summed E-state index contributed by atoms with van der Waals surface area (Å²) in [5.74, 6) is 0.714. The molecule has 0 radical (unpaired) electrons. The predicted molar refractivity (Wildman–Crippen MR) is 90.3 cm³/mol. The SMILES string of the molecule is O=C(Nc1cc(C2=CCN3CCCC3C2)c[nH]1)c1cccs1. The Morgan fingerprint density at radius 3 is 3.27 bits per heavy atom. The molecule has 114 valence electrons. The molecule has 1 fully saturated rings. The molecule has 4 heterocycles. The fraction of sp³-hybridized carbons (Fsp3) is 0.353. The van der Waals surface area contributed by atoms with Gasteiger partial charge in [-0.05, 0) is 54.5 Å². The number of anilines is 1. The summed E-state index contributed by atoms with van der Waals surface area (Å²) in [5.41, 5.74) is 2.60. The second kappa shape index (κ2) is 5.74. The number of aromatic nitrogens is 1. The van der Waals surface area contributed by atoms with E-state index in [1.807, 2.05) is 29.8 Å². The maximum Gasteiger partial charge on any atom is 0.266 e. The van der Waals surface area contributed by atoms with Gasteiger partial charge in [-0.3, -0.25) is 9.69 Å². The molecule has 1 saturated heterocycles. The Labute approximate surface area is 133 Å². The van der Waals surface area contributed by atoms with Crippen LogP contribution in [-0.2, 0) is 0 Å². The highest BCUT2D eigenvalue weighted by Gasteiger charge is 2.28. The summed E-state index contributed by atoms with van der Waals surface area (Å²) in [7, 11) is 0. The molecule has 22 heavy (non-hydrogen) atoms. The van der Waals surface area contributed by atoms with E-state index in [0.717, 1.165) is 23.7 Å². The second-order valence-corrected chi connectivity index (χ2v) is 6.91. The number of aromatic amines is 1. The molecule has 1 atom stereocenters. The lowest BCUT2D eigenvalue weighted by Crippen LogP contribution is -2.32. The molecule has 2 aromatic heterocycles. The quantitative estimate of drug-likeness (QED) is 0.910. The second-order valence-electron chi connectivity index (χ2n) is 5.96. The third-order valence-corrected chi connectivity index (χ3v) is 5.44. The third kappa shape index (κ3) is 2.62. The van der Waals surface area contributed by atoms with Gasteiger partial charge >= 0.3 is 0 Å². The molecule has 5 heteroatoms. The number of thiophene rings is 1. The zero-order chi connectivity index (χ0) is 14.9. The van der Waals surface area contributed by atoms with Crippen LogP contribution >= 0.6 is 11.3 Å². The van der Waals surface area contributed by atoms with Gasteiger partial charge in [-0.25, -0.2) is 0 Å². The molecule has 4 nitrogen and oxygen atoms in total. The van der Waals surface area contributed by atoms with Crippen LogP contribution < -0.4 is 5.32 Å². The van der Waals surface area contributed by atoms with Crippen molar-refractivity contribution in [2.45, 2.75) is 25.3 Å². The van der Waals surface area contributed by atoms with E-state index in [2.05, 4.69) is 21.3 Å². The highest BCUT2D eigenvalue weighted by molar-refractivity contribution is 7.12. The molecule has 1 amide bonds. The van der Waals surface area contributed by atoms with Crippen LogP contribution in [0.25, 0.3) is 5.57 Å². The minimum atomic E-state index is -0.0528. The normalized spacial score (nSPS) is 21.5. The minimum Gasteiger partial charge on any atom is -0.348 e. The van der Waals surface area contributed by atoms with Crippen molar-refractivity contribution in [1.82, 2.24) is 9.88 Å². The molecular formula is C17H19N3OS. The van der Waals surface area contributed by atoms with E-state index in [-0.39, 0.29) is 5.91 Å². The summed E-state index contributed by atoms with van der Waals surface area (Å²) < 4.78 is 0. The summed E-state index contributed by atoms with van der Waals surface area (Å²) in [6, 6.07) is 6.48. The number of nitrogens with zero attached hydrogens (tertiary/aromatic N) is 1. The van der Waals surface area contributed by atoms with Crippen molar-refractivity contribution in [2.75, 3.05) is 18.4 Å². The maximum absolute atomic E-state index is 12.1. The summed E-state index contributed by atoms with van der Waals surface area (Å²) in [6.45, 7) is 2.30.